The molecule has 0 saturated carbocycles. The van der Waals surface area contributed by atoms with Gasteiger partial charge in [0.1, 0.15) is 6.17 Å². The molecule has 1 aliphatic heterocycles. The van der Waals surface area contributed by atoms with Crippen LogP contribution in [0.2, 0.25) is 0 Å². The number of anilines is 3. The van der Waals surface area contributed by atoms with Crippen molar-refractivity contribution in [3.8, 4) is 0 Å². The van der Waals surface area contributed by atoms with E-state index < -0.39 is 6.17 Å². The molecule has 1 aromatic heterocycles. The monoisotopic (exact) mass is 354 g/mol. The number of piperidine rings is 1. The van der Waals surface area contributed by atoms with Crippen molar-refractivity contribution in [2.45, 2.75) is 19.0 Å². The minimum Gasteiger partial charge on any atom is -0.371 e. The zero-order valence-corrected chi connectivity index (χ0v) is 15.1. The van der Waals surface area contributed by atoms with Gasteiger partial charge in [-0.15, -0.1) is 0 Å². The van der Waals surface area contributed by atoms with Crippen molar-refractivity contribution >= 4 is 28.1 Å². The summed E-state index contributed by atoms with van der Waals surface area (Å²) in [6, 6.07) is 14.1. The Balaban J connectivity index is 1.53. The maximum absolute atomic E-state index is 13.3. The molecule has 2 aromatic carbocycles. The third-order valence-corrected chi connectivity index (χ3v) is 5.22. The van der Waals surface area contributed by atoms with Gasteiger partial charge in [0.2, 0.25) is 0 Å². The molecular weight excluding hydrogens is 331 g/mol. The van der Waals surface area contributed by atoms with Crippen molar-refractivity contribution < 1.29 is 4.39 Å². The SMILES string of the molecule is Cn1c(=O)n(C)c2cc(Nc3ccc(N4CCC(F)CC4)cc3)ccc21. The van der Waals surface area contributed by atoms with Gasteiger partial charge in [0.25, 0.3) is 0 Å². The molecule has 3 aromatic rings. The summed E-state index contributed by atoms with van der Waals surface area (Å²) in [6.07, 6.45) is 0.557. The molecule has 4 rings (SSSR count). The molecule has 0 radical (unpaired) electrons. The van der Waals surface area contributed by atoms with E-state index in [-0.39, 0.29) is 5.69 Å². The van der Waals surface area contributed by atoms with Gasteiger partial charge in [-0.25, -0.2) is 9.18 Å². The highest BCUT2D eigenvalue weighted by atomic mass is 19.1. The fourth-order valence-corrected chi connectivity index (χ4v) is 3.61. The molecule has 26 heavy (non-hydrogen) atoms. The molecule has 0 atom stereocenters. The highest BCUT2D eigenvalue weighted by Crippen LogP contribution is 2.25. The Labute approximate surface area is 151 Å². The molecule has 0 bridgehead atoms. The highest BCUT2D eigenvalue weighted by molar-refractivity contribution is 5.81. The summed E-state index contributed by atoms with van der Waals surface area (Å²) in [7, 11) is 3.56. The van der Waals surface area contributed by atoms with E-state index in [4.69, 9.17) is 0 Å². The van der Waals surface area contributed by atoms with Crippen molar-refractivity contribution in [1.82, 2.24) is 9.13 Å². The summed E-state index contributed by atoms with van der Waals surface area (Å²) < 4.78 is 16.6. The number of nitrogens with zero attached hydrogens (tertiary/aromatic N) is 3. The first-order valence-electron chi connectivity index (χ1n) is 8.94. The summed E-state index contributed by atoms with van der Waals surface area (Å²) >= 11 is 0. The Kier molecular flexibility index (Phi) is 4.18. The predicted octanol–water partition coefficient (Wildman–Crippen LogP) is 3.56. The maximum Gasteiger partial charge on any atom is 0.328 e. The van der Waals surface area contributed by atoms with Crippen LogP contribution in [0.25, 0.3) is 11.0 Å². The molecule has 0 unspecified atom stereocenters. The van der Waals surface area contributed by atoms with E-state index in [1.165, 1.54) is 0 Å². The molecule has 2 heterocycles. The fraction of sp³-hybridized carbons (Fsp3) is 0.350. The van der Waals surface area contributed by atoms with Gasteiger partial charge in [-0.05, 0) is 55.3 Å². The quantitative estimate of drug-likeness (QED) is 0.782. The first kappa shape index (κ1) is 16.7. The average molecular weight is 354 g/mol. The van der Waals surface area contributed by atoms with E-state index >= 15 is 0 Å². The number of rotatable bonds is 3. The summed E-state index contributed by atoms with van der Waals surface area (Å²) in [4.78, 5) is 14.3. The fourth-order valence-electron chi connectivity index (χ4n) is 3.61. The largest absolute Gasteiger partial charge is 0.371 e. The molecule has 1 aliphatic rings. The molecule has 0 aliphatic carbocycles. The zero-order valence-electron chi connectivity index (χ0n) is 15.1. The van der Waals surface area contributed by atoms with Crippen LogP contribution in [0.15, 0.2) is 47.3 Å². The molecule has 0 amide bonds. The van der Waals surface area contributed by atoms with Gasteiger partial charge in [-0.2, -0.15) is 0 Å². The number of hydrogen-bond donors (Lipinski definition) is 1. The number of imidazole rings is 1. The number of nitrogens with one attached hydrogen (secondary N) is 1. The molecule has 0 spiro atoms. The van der Waals surface area contributed by atoms with Gasteiger partial charge < -0.3 is 10.2 Å². The molecule has 5 nitrogen and oxygen atoms in total. The van der Waals surface area contributed by atoms with Crippen molar-refractivity contribution in [3.63, 3.8) is 0 Å². The summed E-state index contributed by atoms with van der Waals surface area (Å²) in [5.74, 6) is 0. The topological polar surface area (TPSA) is 42.2 Å². The van der Waals surface area contributed by atoms with Crippen molar-refractivity contribution in [2.24, 2.45) is 14.1 Å². The van der Waals surface area contributed by atoms with Crippen LogP contribution < -0.4 is 15.9 Å². The van der Waals surface area contributed by atoms with Crippen LogP contribution in [0.3, 0.4) is 0 Å². The molecule has 1 N–H and O–H groups in total. The van der Waals surface area contributed by atoms with E-state index in [1.54, 1.807) is 23.2 Å². The summed E-state index contributed by atoms with van der Waals surface area (Å²) in [6.45, 7) is 1.54. The first-order chi connectivity index (χ1) is 12.5. The third kappa shape index (κ3) is 2.96. The van der Waals surface area contributed by atoms with Gasteiger partial charge in [-0.1, -0.05) is 0 Å². The number of alkyl halides is 1. The van der Waals surface area contributed by atoms with E-state index in [9.17, 15) is 9.18 Å². The summed E-state index contributed by atoms with van der Waals surface area (Å²) in [5, 5.41) is 3.39. The first-order valence-corrected chi connectivity index (χ1v) is 8.94. The van der Waals surface area contributed by atoms with E-state index in [0.29, 0.717) is 12.8 Å². The van der Waals surface area contributed by atoms with Gasteiger partial charge >= 0.3 is 5.69 Å². The number of halogens is 1. The lowest BCUT2D eigenvalue weighted by molar-refractivity contribution is 0.277. The van der Waals surface area contributed by atoms with Gasteiger partial charge in [0.15, 0.2) is 0 Å². The van der Waals surface area contributed by atoms with Crippen LogP contribution >= 0.6 is 0 Å². The number of fused-ring (bicyclic) bond motifs is 1. The van der Waals surface area contributed by atoms with Crippen molar-refractivity contribution in [1.29, 1.82) is 0 Å². The van der Waals surface area contributed by atoms with Gasteiger partial charge in [-0.3, -0.25) is 9.13 Å². The number of hydrogen-bond acceptors (Lipinski definition) is 3. The van der Waals surface area contributed by atoms with Crippen LogP contribution in [0.5, 0.6) is 0 Å². The Morgan fingerprint density at radius 3 is 2.23 bits per heavy atom. The van der Waals surface area contributed by atoms with Gasteiger partial charge in [0, 0.05) is 44.2 Å². The average Bonchev–Trinajstić information content (AvgIpc) is 2.87. The minimum atomic E-state index is -0.656. The third-order valence-electron chi connectivity index (χ3n) is 5.22. The van der Waals surface area contributed by atoms with E-state index in [1.807, 2.05) is 30.3 Å². The predicted molar refractivity (Wildman–Crippen MR) is 104 cm³/mol. The second-order valence-electron chi connectivity index (χ2n) is 6.94. The Hall–Kier alpha value is -2.76. The lowest BCUT2D eigenvalue weighted by Gasteiger charge is -2.30. The minimum absolute atomic E-state index is 0.0291. The van der Waals surface area contributed by atoms with Crippen LogP contribution in [-0.2, 0) is 14.1 Å². The Morgan fingerprint density at radius 2 is 1.54 bits per heavy atom. The van der Waals surface area contributed by atoms with Crippen molar-refractivity contribution in [3.05, 3.63) is 52.9 Å². The normalized spacial score (nSPS) is 15.6. The lowest BCUT2D eigenvalue weighted by atomic mass is 10.1. The van der Waals surface area contributed by atoms with Crippen LogP contribution in [-0.4, -0.2) is 28.4 Å². The van der Waals surface area contributed by atoms with Crippen molar-refractivity contribution in [2.75, 3.05) is 23.3 Å². The number of benzene rings is 2. The zero-order chi connectivity index (χ0) is 18.3. The summed E-state index contributed by atoms with van der Waals surface area (Å²) in [5.41, 5.74) is 4.82. The molecule has 1 saturated heterocycles. The van der Waals surface area contributed by atoms with E-state index in [2.05, 4.69) is 22.3 Å². The second kappa shape index (κ2) is 6.52. The smallest absolute Gasteiger partial charge is 0.328 e. The molecule has 6 heteroatoms. The lowest BCUT2D eigenvalue weighted by Crippen LogP contribution is -2.34. The Morgan fingerprint density at radius 1 is 0.923 bits per heavy atom. The second-order valence-corrected chi connectivity index (χ2v) is 6.94. The van der Waals surface area contributed by atoms with E-state index in [0.717, 1.165) is 41.2 Å². The molecule has 136 valence electrons. The Bertz CT molecular complexity index is 981. The molecular formula is C20H23FN4O. The van der Waals surface area contributed by atoms with Gasteiger partial charge in [0.05, 0.1) is 11.0 Å². The highest BCUT2D eigenvalue weighted by Gasteiger charge is 2.18. The number of aryl methyl sites for hydroxylation is 2. The molecule has 1 fully saturated rings. The van der Waals surface area contributed by atoms with Crippen LogP contribution in [0.4, 0.5) is 21.5 Å². The maximum atomic E-state index is 13.3. The van der Waals surface area contributed by atoms with Crippen LogP contribution in [0.1, 0.15) is 12.8 Å². The number of aromatic nitrogens is 2. The van der Waals surface area contributed by atoms with Crippen LogP contribution in [0, 0.1) is 0 Å². The standard InChI is InChI=1S/C20H23FN4O/c1-23-18-8-5-16(13-19(18)24(2)20(23)26)22-15-3-6-17(7-4-15)25-11-9-14(21)10-12-25/h3-8,13-14,22H,9-12H2,1-2H3.